The van der Waals surface area contributed by atoms with Crippen LogP contribution in [0, 0.1) is 18.8 Å². The molecule has 5 nitrogen and oxygen atoms in total. The number of hydrogen-bond acceptors (Lipinski definition) is 4. The van der Waals surface area contributed by atoms with Gasteiger partial charge in [-0.05, 0) is 50.5 Å². The molecule has 0 unspecified atom stereocenters. The minimum atomic E-state index is -0.284. The number of amides is 1. The lowest BCUT2D eigenvalue weighted by Crippen LogP contribution is -2.30. The predicted molar refractivity (Wildman–Crippen MR) is 75.8 cm³/mol. The second-order valence-corrected chi connectivity index (χ2v) is 6.24. The van der Waals surface area contributed by atoms with Crippen molar-refractivity contribution in [3.63, 3.8) is 0 Å². The highest BCUT2D eigenvalue weighted by molar-refractivity contribution is 5.94. The van der Waals surface area contributed by atoms with Crippen LogP contribution in [0.15, 0.2) is 10.5 Å². The molecule has 1 aromatic rings. The highest BCUT2D eigenvalue weighted by Crippen LogP contribution is 2.34. The second kappa shape index (κ2) is 5.58. The van der Waals surface area contributed by atoms with Crippen LogP contribution >= 0.6 is 0 Å². The first-order valence-corrected chi connectivity index (χ1v) is 7.48. The van der Waals surface area contributed by atoms with Crippen LogP contribution in [0.4, 0.5) is 0 Å². The van der Waals surface area contributed by atoms with Crippen LogP contribution in [0.2, 0.25) is 0 Å². The molecule has 2 fully saturated rings. The molecule has 1 aromatic heterocycles. The van der Waals surface area contributed by atoms with Gasteiger partial charge in [-0.25, -0.2) is 5.84 Å². The Kier molecular flexibility index (Phi) is 3.81. The van der Waals surface area contributed by atoms with Gasteiger partial charge in [-0.3, -0.25) is 15.1 Å². The molecule has 110 valence electrons. The molecule has 2 aliphatic rings. The van der Waals surface area contributed by atoms with Crippen LogP contribution < -0.4 is 11.3 Å². The van der Waals surface area contributed by atoms with Crippen molar-refractivity contribution in [1.82, 2.24) is 10.3 Å². The van der Waals surface area contributed by atoms with Crippen molar-refractivity contribution in [2.45, 2.75) is 39.2 Å². The van der Waals surface area contributed by atoms with Crippen molar-refractivity contribution in [3.8, 4) is 0 Å². The molecule has 2 saturated carbocycles. The van der Waals surface area contributed by atoms with E-state index in [2.05, 4.69) is 10.3 Å². The summed E-state index contributed by atoms with van der Waals surface area (Å²) < 4.78 is 5.71. The van der Waals surface area contributed by atoms with Crippen molar-refractivity contribution in [2.24, 2.45) is 17.7 Å². The number of nitrogens with zero attached hydrogens (tertiary/aromatic N) is 1. The fourth-order valence-corrected chi connectivity index (χ4v) is 2.68. The molecule has 0 aliphatic heterocycles. The Hall–Kier alpha value is -1.33. The van der Waals surface area contributed by atoms with Crippen molar-refractivity contribution >= 4 is 5.91 Å². The number of aryl methyl sites for hydroxylation is 1. The number of hydrogen-bond donors (Lipinski definition) is 2. The second-order valence-electron chi connectivity index (χ2n) is 6.24. The topological polar surface area (TPSA) is 71.5 Å². The molecule has 20 heavy (non-hydrogen) atoms. The van der Waals surface area contributed by atoms with Crippen molar-refractivity contribution in [3.05, 3.63) is 23.2 Å². The zero-order valence-corrected chi connectivity index (χ0v) is 12.0. The Labute approximate surface area is 119 Å². The van der Waals surface area contributed by atoms with Gasteiger partial charge in [0.2, 0.25) is 0 Å². The van der Waals surface area contributed by atoms with E-state index in [1.54, 1.807) is 6.92 Å². The Morgan fingerprint density at radius 1 is 1.35 bits per heavy atom. The Balaban J connectivity index is 1.65. The molecule has 0 spiro atoms. The fourth-order valence-electron chi connectivity index (χ4n) is 2.68. The van der Waals surface area contributed by atoms with Crippen LogP contribution in [-0.4, -0.2) is 23.9 Å². The minimum absolute atomic E-state index is 0.284. The first-order chi connectivity index (χ1) is 9.65. The van der Waals surface area contributed by atoms with Gasteiger partial charge in [0.25, 0.3) is 5.91 Å². The number of carbonyl (C=O) groups is 1. The minimum Gasteiger partial charge on any atom is -0.464 e. The number of nitrogen functional groups attached to an aromatic ring is 1. The summed E-state index contributed by atoms with van der Waals surface area (Å²) in [4.78, 5) is 14.1. The Morgan fingerprint density at radius 2 is 1.95 bits per heavy atom. The number of rotatable bonds is 7. The van der Waals surface area contributed by atoms with Gasteiger partial charge < -0.3 is 4.42 Å². The first kappa shape index (κ1) is 13.6. The third kappa shape index (κ3) is 3.41. The van der Waals surface area contributed by atoms with Gasteiger partial charge in [-0.15, -0.1) is 0 Å². The van der Waals surface area contributed by atoms with Crippen molar-refractivity contribution < 1.29 is 9.21 Å². The standard InChI is InChI=1S/C15H23N3O2/c1-10-14(15(19)17-16)6-13(20-10)9-18(7-11-2-3-11)8-12-4-5-12/h6,11-12H,2-5,7-9,16H2,1H3,(H,17,19). The van der Waals surface area contributed by atoms with E-state index in [1.165, 1.54) is 25.7 Å². The molecule has 3 N–H and O–H groups in total. The summed E-state index contributed by atoms with van der Waals surface area (Å²) >= 11 is 0. The first-order valence-electron chi connectivity index (χ1n) is 7.48. The normalized spacial score (nSPS) is 18.6. The van der Waals surface area contributed by atoms with E-state index in [0.29, 0.717) is 11.3 Å². The predicted octanol–water partition coefficient (Wildman–Crippen LogP) is 1.81. The molecule has 1 heterocycles. The zero-order valence-electron chi connectivity index (χ0n) is 12.0. The van der Waals surface area contributed by atoms with Crippen molar-refractivity contribution in [1.29, 1.82) is 0 Å². The average molecular weight is 277 g/mol. The van der Waals surface area contributed by atoms with Gasteiger partial charge in [0, 0.05) is 13.1 Å². The molecule has 0 saturated heterocycles. The Morgan fingerprint density at radius 3 is 2.45 bits per heavy atom. The van der Waals surface area contributed by atoms with Crippen LogP contribution in [0.3, 0.4) is 0 Å². The highest BCUT2D eigenvalue weighted by atomic mass is 16.3. The lowest BCUT2D eigenvalue weighted by molar-refractivity contribution is 0.0952. The van der Waals surface area contributed by atoms with E-state index in [0.717, 1.165) is 37.2 Å². The number of nitrogens with two attached hydrogens (primary N) is 1. The molecule has 0 bridgehead atoms. The zero-order chi connectivity index (χ0) is 14.1. The smallest absolute Gasteiger partial charge is 0.268 e. The summed E-state index contributed by atoms with van der Waals surface area (Å²) in [5.74, 6) is 8.14. The maximum Gasteiger partial charge on any atom is 0.268 e. The van der Waals surface area contributed by atoms with Gasteiger partial charge >= 0.3 is 0 Å². The lowest BCUT2D eigenvalue weighted by Gasteiger charge is -2.20. The molecule has 0 aromatic carbocycles. The van der Waals surface area contributed by atoms with Crippen LogP contribution in [0.25, 0.3) is 0 Å². The summed E-state index contributed by atoms with van der Waals surface area (Å²) in [7, 11) is 0. The van der Waals surface area contributed by atoms with E-state index in [1.807, 2.05) is 6.07 Å². The average Bonchev–Trinajstić information content (AvgIpc) is 3.32. The van der Waals surface area contributed by atoms with E-state index < -0.39 is 0 Å². The number of hydrazine groups is 1. The highest BCUT2D eigenvalue weighted by Gasteiger charge is 2.29. The van der Waals surface area contributed by atoms with E-state index in [4.69, 9.17) is 10.3 Å². The lowest BCUT2D eigenvalue weighted by atomic mass is 10.2. The van der Waals surface area contributed by atoms with E-state index in [9.17, 15) is 4.79 Å². The molecule has 1 amide bonds. The molecular formula is C15H23N3O2. The molecular weight excluding hydrogens is 254 g/mol. The van der Waals surface area contributed by atoms with Gasteiger partial charge in [0.05, 0.1) is 12.1 Å². The molecule has 5 heteroatoms. The van der Waals surface area contributed by atoms with E-state index in [-0.39, 0.29) is 5.91 Å². The SMILES string of the molecule is Cc1oc(CN(CC2CC2)CC2CC2)cc1C(=O)NN. The number of furan rings is 1. The van der Waals surface area contributed by atoms with Gasteiger partial charge in [0.15, 0.2) is 0 Å². The maximum atomic E-state index is 11.6. The fraction of sp³-hybridized carbons (Fsp3) is 0.667. The van der Waals surface area contributed by atoms with Crippen LogP contribution in [-0.2, 0) is 6.54 Å². The molecule has 0 atom stereocenters. The third-order valence-electron chi connectivity index (χ3n) is 4.15. The number of carbonyl (C=O) groups excluding carboxylic acids is 1. The largest absolute Gasteiger partial charge is 0.464 e. The summed E-state index contributed by atoms with van der Waals surface area (Å²) in [6.07, 6.45) is 5.44. The molecule has 0 radical (unpaired) electrons. The van der Waals surface area contributed by atoms with Gasteiger partial charge in [0.1, 0.15) is 11.5 Å². The summed E-state index contributed by atoms with van der Waals surface area (Å²) in [6, 6.07) is 1.82. The maximum absolute atomic E-state index is 11.6. The van der Waals surface area contributed by atoms with Crippen molar-refractivity contribution in [2.75, 3.05) is 13.1 Å². The molecule has 2 aliphatic carbocycles. The van der Waals surface area contributed by atoms with Crippen LogP contribution in [0.5, 0.6) is 0 Å². The quantitative estimate of drug-likeness (QED) is 0.453. The third-order valence-corrected chi connectivity index (χ3v) is 4.15. The summed E-state index contributed by atoms with van der Waals surface area (Å²) in [5.41, 5.74) is 2.70. The van der Waals surface area contributed by atoms with Gasteiger partial charge in [-0.1, -0.05) is 0 Å². The van der Waals surface area contributed by atoms with E-state index >= 15 is 0 Å². The summed E-state index contributed by atoms with van der Waals surface area (Å²) in [5, 5.41) is 0. The van der Waals surface area contributed by atoms with Gasteiger partial charge in [-0.2, -0.15) is 0 Å². The number of nitrogens with one attached hydrogen (secondary N) is 1. The Bertz CT molecular complexity index is 475. The summed E-state index contributed by atoms with van der Waals surface area (Å²) in [6.45, 7) is 4.93. The van der Waals surface area contributed by atoms with Crippen LogP contribution in [0.1, 0.15) is 47.6 Å². The monoisotopic (exact) mass is 277 g/mol. The molecule has 3 rings (SSSR count).